The fraction of sp³-hybridized carbons (Fsp3) is 0.429. The van der Waals surface area contributed by atoms with E-state index in [1.54, 1.807) is 11.3 Å². The monoisotopic (exact) mass is 265 g/mol. The highest BCUT2D eigenvalue weighted by molar-refractivity contribution is 7.12. The molecule has 2 aromatic rings. The minimum absolute atomic E-state index is 0.274. The summed E-state index contributed by atoms with van der Waals surface area (Å²) in [6, 6.07) is 6.67. The van der Waals surface area contributed by atoms with Gasteiger partial charge < -0.3 is 5.32 Å². The molecule has 17 heavy (non-hydrogen) atoms. The van der Waals surface area contributed by atoms with Crippen molar-refractivity contribution in [2.24, 2.45) is 0 Å². The van der Waals surface area contributed by atoms with E-state index >= 15 is 0 Å². The molecule has 92 valence electrons. The van der Waals surface area contributed by atoms with Crippen molar-refractivity contribution in [3.63, 3.8) is 0 Å². The van der Waals surface area contributed by atoms with Gasteiger partial charge in [-0.2, -0.15) is 11.3 Å². The van der Waals surface area contributed by atoms with Crippen LogP contribution >= 0.6 is 22.7 Å². The Morgan fingerprint density at radius 1 is 1.12 bits per heavy atom. The SMILES string of the molecule is CC(C)(C)c1ccc(CNCc2ccsc2)s1. The molecule has 0 aliphatic heterocycles. The van der Waals surface area contributed by atoms with Crippen LogP contribution in [0.5, 0.6) is 0 Å². The minimum Gasteiger partial charge on any atom is -0.308 e. The third-order valence-electron chi connectivity index (χ3n) is 2.61. The summed E-state index contributed by atoms with van der Waals surface area (Å²) in [6.45, 7) is 8.73. The van der Waals surface area contributed by atoms with E-state index in [0.717, 1.165) is 13.1 Å². The van der Waals surface area contributed by atoms with Crippen molar-refractivity contribution in [2.45, 2.75) is 39.3 Å². The molecular formula is C14H19NS2. The quantitative estimate of drug-likeness (QED) is 0.864. The predicted molar refractivity (Wildman–Crippen MR) is 77.9 cm³/mol. The van der Waals surface area contributed by atoms with Crippen molar-refractivity contribution in [2.75, 3.05) is 0 Å². The van der Waals surface area contributed by atoms with Crippen molar-refractivity contribution in [3.8, 4) is 0 Å². The minimum atomic E-state index is 0.274. The van der Waals surface area contributed by atoms with Gasteiger partial charge >= 0.3 is 0 Å². The Morgan fingerprint density at radius 2 is 1.94 bits per heavy atom. The maximum absolute atomic E-state index is 3.49. The summed E-state index contributed by atoms with van der Waals surface area (Å²) in [7, 11) is 0. The first-order valence-electron chi connectivity index (χ1n) is 5.87. The molecule has 0 aromatic carbocycles. The Kier molecular flexibility index (Phi) is 4.02. The normalized spacial score (nSPS) is 11.9. The Bertz CT molecular complexity index is 449. The van der Waals surface area contributed by atoms with E-state index in [4.69, 9.17) is 0 Å². The molecule has 3 heteroatoms. The zero-order valence-electron chi connectivity index (χ0n) is 10.6. The standard InChI is InChI=1S/C14H19NS2/c1-14(2,3)13-5-4-12(17-13)9-15-8-11-6-7-16-10-11/h4-7,10,15H,8-9H2,1-3H3. The topological polar surface area (TPSA) is 12.0 Å². The van der Waals surface area contributed by atoms with Crippen LogP contribution in [0.15, 0.2) is 29.0 Å². The van der Waals surface area contributed by atoms with Crippen molar-refractivity contribution < 1.29 is 0 Å². The maximum Gasteiger partial charge on any atom is 0.0303 e. The Morgan fingerprint density at radius 3 is 2.53 bits per heavy atom. The number of rotatable bonds is 4. The summed E-state index contributed by atoms with van der Waals surface area (Å²) in [6.07, 6.45) is 0. The van der Waals surface area contributed by atoms with E-state index in [2.05, 4.69) is 55.0 Å². The molecule has 2 aromatic heterocycles. The molecule has 0 spiro atoms. The summed E-state index contributed by atoms with van der Waals surface area (Å²) in [5.74, 6) is 0. The fourth-order valence-corrected chi connectivity index (χ4v) is 3.30. The zero-order valence-corrected chi connectivity index (χ0v) is 12.3. The molecule has 0 amide bonds. The largest absolute Gasteiger partial charge is 0.308 e. The van der Waals surface area contributed by atoms with Gasteiger partial charge in [-0.15, -0.1) is 11.3 Å². The van der Waals surface area contributed by atoms with Crippen molar-refractivity contribution in [1.29, 1.82) is 0 Å². The average molecular weight is 265 g/mol. The van der Waals surface area contributed by atoms with Crippen molar-refractivity contribution in [1.82, 2.24) is 5.32 Å². The van der Waals surface area contributed by atoms with Gasteiger partial charge in [-0.3, -0.25) is 0 Å². The Balaban J connectivity index is 1.85. The van der Waals surface area contributed by atoms with Gasteiger partial charge in [-0.05, 0) is 39.9 Å². The summed E-state index contributed by atoms with van der Waals surface area (Å²) in [5, 5.41) is 7.81. The van der Waals surface area contributed by atoms with Gasteiger partial charge in [-0.25, -0.2) is 0 Å². The number of hydrogen-bond acceptors (Lipinski definition) is 3. The molecule has 1 N–H and O–H groups in total. The van der Waals surface area contributed by atoms with E-state index in [9.17, 15) is 0 Å². The van der Waals surface area contributed by atoms with E-state index in [1.807, 2.05) is 11.3 Å². The molecule has 2 rings (SSSR count). The second-order valence-electron chi connectivity index (χ2n) is 5.25. The second-order valence-corrected chi connectivity index (χ2v) is 7.20. The Hall–Kier alpha value is -0.640. The number of thiophene rings is 2. The highest BCUT2D eigenvalue weighted by Gasteiger charge is 2.15. The van der Waals surface area contributed by atoms with E-state index in [0.29, 0.717) is 0 Å². The third-order valence-corrected chi connectivity index (χ3v) is 4.85. The van der Waals surface area contributed by atoms with Gasteiger partial charge in [-0.1, -0.05) is 20.8 Å². The molecule has 0 saturated heterocycles. The summed E-state index contributed by atoms with van der Waals surface area (Å²) in [4.78, 5) is 2.88. The van der Waals surface area contributed by atoms with E-state index < -0.39 is 0 Å². The van der Waals surface area contributed by atoms with Gasteiger partial charge in [0.15, 0.2) is 0 Å². The molecule has 0 fully saturated rings. The van der Waals surface area contributed by atoms with Crippen LogP contribution in [0.4, 0.5) is 0 Å². The molecule has 2 heterocycles. The zero-order chi connectivity index (χ0) is 12.3. The van der Waals surface area contributed by atoms with Crippen LogP contribution in [-0.2, 0) is 18.5 Å². The molecule has 0 aliphatic carbocycles. The molecule has 1 nitrogen and oxygen atoms in total. The van der Waals surface area contributed by atoms with Crippen LogP contribution in [-0.4, -0.2) is 0 Å². The van der Waals surface area contributed by atoms with Crippen LogP contribution in [0.2, 0.25) is 0 Å². The van der Waals surface area contributed by atoms with Gasteiger partial charge in [0.2, 0.25) is 0 Å². The summed E-state index contributed by atoms with van der Waals surface area (Å²) >= 11 is 3.67. The average Bonchev–Trinajstić information content (AvgIpc) is 2.86. The van der Waals surface area contributed by atoms with Gasteiger partial charge in [0.05, 0.1) is 0 Å². The summed E-state index contributed by atoms with van der Waals surface area (Å²) in [5.41, 5.74) is 1.65. The van der Waals surface area contributed by atoms with Crippen LogP contribution in [0, 0.1) is 0 Å². The van der Waals surface area contributed by atoms with Gasteiger partial charge in [0.1, 0.15) is 0 Å². The maximum atomic E-state index is 3.49. The lowest BCUT2D eigenvalue weighted by Crippen LogP contribution is -2.11. The lowest BCUT2D eigenvalue weighted by molar-refractivity contribution is 0.604. The lowest BCUT2D eigenvalue weighted by Gasteiger charge is -2.15. The number of hydrogen-bond donors (Lipinski definition) is 1. The van der Waals surface area contributed by atoms with E-state index in [-0.39, 0.29) is 5.41 Å². The number of nitrogens with one attached hydrogen (secondary N) is 1. The van der Waals surface area contributed by atoms with Crippen molar-refractivity contribution in [3.05, 3.63) is 44.3 Å². The first-order valence-corrected chi connectivity index (χ1v) is 7.62. The van der Waals surface area contributed by atoms with Crippen LogP contribution in [0.1, 0.15) is 36.1 Å². The van der Waals surface area contributed by atoms with E-state index in [1.165, 1.54) is 15.3 Å². The summed E-state index contributed by atoms with van der Waals surface area (Å²) < 4.78 is 0. The molecule has 0 unspecified atom stereocenters. The van der Waals surface area contributed by atoms with Gasteiger partial charge in [0.25, 0.3) is 0 Å². The third kappa shape index (κ3) is 3.66. The van der Waals surface area contributed by atoms with Crippen LogP contribution in [0.25, 0.3) is 0 Å². The van der Waals surface area contributed by atoms with Gasteiger partial charge in [0, 0.05) is 22.8 Å². The predicted octanol–water partition coefficient (Wildman–Crippen LogP) is 4.40. The first kappa shape index (κ1) is 12.8. The molecule has 0 radical (unpaired) electrons. The highest BCUT2D eigenvalue weighted by Crippen LogP contribution is 2.29. The fourth-order valence-electron chi connectivity index (χ4n) is 1.60. The van der Waals surface area contributed by atoms with Crippen LogP contribution < -0.4 is 5.32 Å². The Labute approximate surface area is 112 Å². The molecule has 0 saturated carbocycles. The second kappa shape index (κ2) is 5.34. The molecular weight excluding hydrogens is 246 g/mol. The first-order chi connectivity index (χ1) is 8.05. The molecule has 0 atom stereocenters. The highest BCUT2D eigenvalue weighted by atomic mass is 32.1. The molecule has 0 bridgehead atoms. The van der Waals surface area contributed by atoms with Crippen molar-refractivity contribution >= 4 is 22.7 Å². The lowest BCUT2D eigenvalue weighted by atomic mass is 9.95. The van der Waals surface area contributed by atoms with Crippen LogP contribution in [0.3, 0.4) is 0 Å². The smallest absolute Gasteiger partial charge is 0.0303 e. The molecule has 0 aliphatic rings.